The third-order valence-electron chi connectivity index (χ3n) is 2.73. The van der Waals surface area contributed by atoms with Gasteiger partial charge in [0.2, 0.25) is 5.91 Å². The van der Waals surface area contributed by atoms with Crippen molar-refractivity contribution in [2.24, 2.45) is 0 Å². The number of nitrogens with one attached hydrogen (secondary N) is 1. The van der Waals surface area contributed by atoms with Crippen LogP contribution in [0.15, 0.2) is 18.2 Å². The van der Waals surface area contributed by atoms with Gasteiger partial charge < -0.3 is 15.5 Å². The molecule has 0 spiro atoms. The molecule has 0 aliphatic rings. The van der Waals surface area contributed by atoms with Gasteiger partial charge in [0.1, 0.15) is 0 Å². The lowest BCUT2D eigenvalue weighted by Crippen LogP contribution is -2.46. The SMILES string of the molecule is CC(O)(CNC(=O)CCc1ccc(Cl)cc1Cl)C(=O)O. The predicted octanol–water partition coefficient (Wildman–Crippen LogP) is 1.88. The molecule has 0 aromatic heterocycles. The van der Waals surface area contributed by atoms with Gasteiger partial charge in [0.25, 0.3) is 0 Å². The van der Waals surface area contributed by atoms with Crippen molar-refractivity contribution in [2.75, 3.05) is 6.54 Å². The van der Waals surface area contributed by atoms with E-state index in [-0.39, 0.29) is 18.9 Å². The molecule has 0 fully saturated rings. The highest BCUT2D eigenvalue weighted by Gasteiger charge is 2.30. The van der Waals surface area contributed by atoms with E-state index in [9.17, 15) is 14.7 Å². The van der Waals surface area contributed by atoms with Gasteiger partial charge in [0.05, 0.1) is 6.54 Å². The molecule has 110 valence electrons. The standard InChI is InChI=1S/C13H15Cl2NO4/c1-13(20,12(18)19)7-16-11(17)5-3-8-2-4-9(14)6-10(8)15/h2,4,6,20H,3,5,7H2,1H3,(H,16,17)(H,18,19). The van der Waals surface area contributed by atoms with Crippen LogP contribution in [0.5, 0.6) is 0 Å². The van der Waals surface area contributed by atoms with E-state index in [1.165, 1.54) is 0 Å². The van der Waals surface area contributed by atoms with Gasteiger partial charge in [-0.2, -0.15) is 0 Å². The lowest BCUT2D eigenvalue weighted by Gasteiger charge is -2.18. The second kappa shape index (κ2) is 6.92. The first-order valence-corrected chi connectivity index (χ1v) is 6.64. The van der Waals surface area contributed by atoms with Crippen molar-refractivity contribution >= 4 is 35.1 Å². The van der Waals surface area contributed by atoms with Crippen LogP contribution in [0.25, 0.3) is 0 Å². The molecule has 0 bridgehead atoms. The molecule has 1 aromatic carbocycles. The van der Waals surface area contributed by atoms with E-state index in [1.54, 1.807) is 18.2 Å². The van der Waals surface area contributed by atoms with Crippen LogP contribution in [0.3, 0.4) is 0 Å². The molecule has 20 heavy (non-hydrogen) atoms. The lowest BCUT2D eigenvalue weighted by atomic mass is 10.1. The van der Waals surface area contributed by atoms with Gasteiger partial charge >= 0.3 is 5.97 Å². The van der Waals surface area contributed by atoms with E-state index in [0.29, 0.717) is 16.5 Å². The number of benzene rings is 1. The van der Waals surface area contributed by atoms with Crippen LogP contribution in [-0.2, 0) is 16.0 Å². The molecule has 0 heterocycles. The van der Waals surface area contributed by atoms with Gasteiger partial charge in [-0.1, -0.05) is 29.3 Å². The summed E-state index contributed by atoms with van der Waals surface area (Å²) in [5, 5.41) is 21.5. The van der Waals surface area contributed by atoms with Crippen molar-refractivity contribution in [3.63, 3.8) is 0 Å². The maximum Gasteiger partial charge on any atom is 0.337 e. The van der Waals surface area contributed by atoms with Crippen LogP contribution in [0, 0.1) is 0 Å². The molecule has 1 rings (SSSR count). The first kappa shape index (κ1) is 16.8. The van der Waals surface area contributed by atoms with Gasteiger partial charge in [-0.25, -0.2) is 4.79 Å². The molecule has 3 N–H and O–H groups in total. The second-order valence-electron chi connectivity index (χ2n) is 4.59. The maximum absolute atomic E-state index is 11.6. The van der Waals surface area contributed by atoms with E-state index in [0.717, 1.165) is 12.5 Å². The fraction of sp³-hybridized carbons (Fsp3) is 0.385. The van der Waals surface area contributed by atoms with E-state index in [2.05, 4.69) is 5.32 Å². The maximum atomic E-state index is 11.6. The molecule has 0 saturated heterocycles. The van der Waals surface area contributed by atoms with Crippen LogP contribution in [-0.4, -0.2) is 34.2 Å². The van der Waals surface area contributed by atoms with E-state index in [4.69, 9.17) is 28.3 Å². The molecule has 1 atom stereocenters. The van der Waals surface area contributed by atoms with Crippen LogP contribution in [0.4, 0.5) is 0 Å². The Morgan fingerprint density at radius 2 is 2.00 bits per heavy atom. The molecule has 0 aliphatic heterocycles. The van der Waals surface area contributed by atoms with Gasteiger partial charge in [0, 0.05) is 16.5 Å². The van der Waals surface area contributed by atoms with Gasteiger partial charge in [-0.3, -0.25) is 4.79 Å². The first-order valence-electron chi connectivity index (χ1n) is 5.89. The highest BCUT2D eigenvalue weighted by molar-refractivity contribution is 6.35. The molecule has 0 aliphatic carbocycles. The number of carbonyl (C=O) groups is 2. The number of aliphatic hydroxyl groups is 1. The lowest BCUT2D eigenvalue weighted by molar-refractivity contribution is -0.156. The molecule has 5 nitrogen and oxygen atoms in total. The Kier molecular flexibility index (Phi) is 5.80. The number of hydrogen-bond donors (Lipinski definition) is 3. The van der Waals surface area contributed by atoms with Gasteiger partial charge in [0.15, 0.2) is 5.60 Å². The summed E-state index contributed by atoms with van der Waals surface area (Å²) in [7, 11) is 0. The van der Waals surface area contributed by atoms with Crippen molar-refractivity contribution in [3.8, 4) is 0 Å². The smallest absolute Gasteiger partial charge is 0.337 e. The van der Waals surface area contributed by atoms with Crippen molar-refractivity contribution in [2.45, 2.75) is 25.4 Å². The highest BCUT2D eigenvalue weighted by Crippen LogP contribution is 2.21. The van der Waals surface area contributed by atoms with Crippen molar-refractivity contribution in [3.05, 3.63) is 33.8 Å². The van der Waals surface area contributed by atoms with Crippen molar-refractivity contribution in [1.82, 2.24) is 5.32 Å². The minimum absolute atomic E-state index is 0.136. The normalized spacial score (nSPS) is 13.6. The molecular formula is C13H15Cl2NO4. The number of carbonyl (C=O) groups excluding carboxylic acids is 1. The topological polar surface area (TPSA) is 86.6 Å². The van der Waals surface area contributed by atoms with Crippen LogP contribution in [0.2, 0.25) is 10.0 Å². The fourth-order valence-electron chi connectivity index (χ4n) is 1.41. The summed E-state index contributed by atoms with van der Waals surface area (Å²) in [5.41, 5.74) is -1.20. The van der Waals surface area contributed by atoms with E-state index < -0.39 is 11.6 Å². The van der Waals surface area contributed by atoms with Crippen LogP contribution in [0.1, 0.15) is 18.9 Å². The summed E-state index contributed by atoms with van der Waals surface area (Å²) in [5.74, 6) is -1.75. The van der Waals surface area contributed by atoms with Crippen molar-refractivity contribution in [1.29, 1.82) is 0 Å². The average Bonchev–Trinajstić information content (AvgIpc) is 2.35. The number of hydrogen-bond acceptors (Lipinski definition) is 3. The Balaban J connectivity index is 2.46. The number of carboxylic acid groups (broad SMARTS) is 1. The summed E-state index contributed by atoms with van der Waals surface area (Å²) in [6, 6.07) is 4.99. The zero-order valence-electron chi connectivity index (χ0n) is 10.8. The Morgan fingerprint density at radius 1 is 1.35 bits per heavy atom. The summed E-state index contributed by atoms with van der Waals surface area (Å²) in [4.78, 5) is 22.2. The number of halogens is 2. The summed E-state index contributed by atoms with van der Waals surface area (Å²) in [6.07, 6.45) is 0.536. The number of rotatable bonds is 6. The first-order chi connectivity index (χ1) is 9.22. The molecule has 1 amide bonds. The number of aryl methyl sites for hydroxylation is 1. The highest BCUT2D eigenvalue weighted by atomic mass is 35.5. The number of aliphatic carboxylic acids is 1. The van der Waals surface area contributed by atoms with Gasteiger partial charge in [-0.05, 0) is 31.0 Å². The Bertz CT molecular complexity index is 517. The molecule has 1 unspecified atom stereocenters. The third kappa shape index (κ3) is 5.00. The molecule has 0 saturated carbocycles. The number of carboxylic acids is 1. The Labute approximate surface area is 126 Å². The minimum atomic E-state index is -1.98. The molecule has 0 radical (unpaired) electrons. The zero-order valence-corrected chi connectivity index (χ0v) is 12.3. The van der Waals surface area contributed by atoms with Crippen LogP contribution >= 0.6 is 23.2 Å². The number of amides is 1. The fourth-order valence-corrected chi connectivity index (χ4v) is 1.91. The monoisotopic (exact) mass is 319 g/mol. The third-order valence-corrected chi connectivity index (χ3v) is 3.31. The largest absolute Gasteiger partial charge is 0.479 e. The predicted molar refractivity (Wildman–Crippen MR) is 76.1 cm³/mol. The van der Waals surface area contributed by atoms with Crippen LogP contribution < -0.4 is 5.32 Å². The molecule has 7 heteroatoms. The average molecular weight is 320 g/mol. The summed E-state index contributed by atoms with van der Waals surface area (Å²) < 4.78 is 0. The molecular weight excluding hydrogens is 305 g/mol. The second-order valence-corrected chi connectivity index (χ2v) is 5.44. The quantitative estimate of drug-likeness (QED) is 0.747. The van der Waals surface area contributed by atoms with Crippen molar-refractivity contribution < 1.29 is 19.8 Å². The zero-order chi connectivity index (χ0) is 15.3. The molecule has 1 aromatic rings. The summed E-state index contributed by atoms with van der Waals surface area (Å²) >= 11 is 11.7. The van der Waals surface area contributed by atoms with E-state index >= 15 is 0 Å². The summed E-state index contributed by atoms with van der Waals surface area (Å²) in [6.45, 7) is 0.765. The van der Waals surface area contributed by atoms with E-state index in [1.807, 2.05) is 0 Å². The Hall–Kier alpha value is -1.30. The Morgan fingerprint density at radius 3 is 2.55 bits per heavy atom. The van der Waals surface area contributed by atoms with Gasteiger partial charge in [-0.15, -0.1) is 0 Å². The minimum Gasteiger partial charge on any atom is -0.479 e.